The van der Waals surface area contributed by atoms with Crippen LogP contribution in [0.1, 0.15) is 39.5 Å². The third kappa shape index (κ3) is 2.44. The topological polar surface area (TPSA) is 29.3 Å². The zero-order chi connectivity index (χ0) is 9.90. The van der Waals surface area contributed by atoms with E-state index in [0.717, 1.165) is 12.5 Å². The minimum atomic E-state index is 0.312. The van der Waals surface area contributed by atoms with Gasteiger partial charge in [-0.05, 0) is 38.8 Å². The molecule has 0 aromatic rings. The number of likely N-dealkylation sites (tertiary alicyclic amines) is 1. The average molecular weight is 184 g/mol. The molecule has 1 aliphatic rings. The Morgan fingerprint density at radius 1 is 1.38 bits per heavy atom. The summed E-state index contributed by atoms with van der Waals surface area (Å²) in [4.78, 5) is 2.48. The zero-order valence-corrected chi connectivity index (χ0v) is 9.34. The van der Waals surface area contributed by atoms with E-state index in [4.69, 9.17) is 5.73 Å². The number of hydrogen-bond acceptors (Lipinski definition) is 2. The van der Waals surface area contributed by atoms with Crippen molar-refractivity contribution >= 4 is 0 Å². The van der Waals surface area contributed by atoms with Crippen LogP contribution in [0.2, 0.25) is 0 Å². The first kappa shape index (κ1) is 11.0. The third-order valence-electron chi connectivity index (χ3n) is 3.36. The lowest BCUT2D eigenvalue weighted by molar-refractivity contribution is 0.0603. The van der Waals surface area contributed by atoms with Gasteiger partial charge in [-0.3, -0.25) is 4.90 Å². The minimum absolute atomic E-state index is 0.312. The van der Waals surface area contributed by atoms with Crippen molar-refractivity contribution in [2.45, 2.75) is 45.1 Å². The quantitative estimate of drug-likeness (QED) is 0.725. The van der Waals surface area contributed by atoms with Crippen LogP contribution in [0, 0.1) is 5.92 Å². The van der Waals surface area contributed by atoms with Gasteiger partial charge in [0.15, 0.2) is 0 Å². The number of piperidine rings is 1. The van der Waals surface area contributed by atoms with Crippen LogP contribution in [0.15, 0.2) is 0 Å². The SMILES string of the molecule is CC(C)CC1(CN)CCCCN1C. The molecule has 0 bridgehead atoms. The smallest absolute Gasteiger partial charge is 0.0331 e. The molecular weight excluding hydrogens is 160 g/mol. The molecule has 1 heterocycles. The Kier molecular flexibility index (Phi) is 3.74. The Bertz CT molecular complexity index is 156. The average Bonchev–Trinajstić information content (AvgIpc) is 2.08. The molecule has 78 valence electrons. The van der Waals surface area contributed by atoms with Gasteiger partial charge in [-0.2, -0.15) is 0 Å². The highest BCUT2D eigenvalue weighted by atomic mass is 15.2. The van der Waals surface area contributed by atoms with E-state index in [1.165, 1.54) is 32.2 Å². The van der Waals surface area contributed by atoms with E-state index in [2.05, 4.69) is 25.8 Å². The van der Waals surface area contributed by atoms with Crippen molar-refractivity contribution in [2.24, 2.45) is 11.7 Å². The van der Waals surface area contributed by atoms with Crippen molar-refractivity contribution in [3.8, 4) is 0 Å². The van der Waals surface area contributed by atoms with Crippen molar-refractivity contribution < 1.29 is 0 Å². The maximum atomic E-state index is 5.94. The van der Waals surface area contributed by atoms with Crippen LogP contribution in [-0.2, 0) is 0 Å². The van der Waals surface area contributed by atoms with Crippen molar-refractivity contribution in [3.05, 3.63) is 0 Å². The predicted octanol–water partition coefficient (Wildman–Crippen LogP) is 1.85. The summed E-state index contributed by atoms with van der Waals surface area (Å²) in [6.07, 6.45) is 5.24. The first-order valence-corrected chi connectivity index (χ1v) is 5.52. The van der Waals surface area contributed by atoms with E-state index in [1.807, 2.05) is 0 Å². The second-order valence-corrected chi connectivity index (χ2v) is 4.91. The molecule has 0 saturated carbocycles. The number of nitrogens with zero attached hydrogens (tertiary/aromatic N) is 1. The van der Waals surface area contributed by atoms with E-state index >= 15 is 0 Å². The van der Waals surface area contributed by atoms with Crippen LogP contribution >= 0.6 is 0 Å². The van der Waals surface area contributed by atoms with E-state index in [1.54, 1.807) is 0 Å². The molecule has 0 amide bonds. The lowest BCUT2D eigenvalue weighted by Gasteiger charge is -2.46. The minimum Gasteiger partial charge on any atom is -0.329 e. The van der Waals surface area contributed by atoms with Gasteiger partial charge in [0.1, 0.15) is 0 Å². The van der Waals surface area contributed by atoms with Crippen LogP contribution in [0.5, 0.6) is 0 Å². The second kappa shape index (κ2) is 4.43. The molecule has 1 rings (SSSR count). The second-order valence-electron chi connectivity index (χ2n) is 4.91. The van der Waals surface area contributed by atoms with E-state index in [0.29, 0.717) is 5.54 Å². The highest BCUT2D eigenvalue weighted by molar-refractivity contribution is 4.93. The normalized spacial score (nSPS) is 31.2. The largest absolute Gasteiger partial charge is 0.329 e. The van der Waals surface area contributed by atoms with Crippen molar-refractivity contribution in [2.75, 3.05) is 20.1 Å². The lowest BCUT2D eigenvalue weighted by Crippen LogP contribution is -2.55. The highest BCUT2D eigenvalue weighted by Gasteiger charge is 2.35. The molecule has 0 radical (unpaired) electrons. The summed E-state index contributed by atoms with van der Waals surface area (Å²) in [5.41, 5.74) is 6.25. The molecule has 13 heavy (non-hydrogen) atoms. The van der Waals surface area contributed by atoms with E-state index < -0.39 is 0 Å². The van der Waals surface area contributed by atoms with Crippen molar-refractivity contribution in [3.63, 3.8) is 0 Å². The van der Waals surface area contributed by atoms with Gasteiger partial charge in [-0.1, -0.05) is 20.3 Å². The Morgan fingerprint density at radius 2 is 2.08 bits per heavy atom. The summed E-state index contributed by atoms with van der Waals surface area (Å²) in [5.74, 6) is 0.754. The molecule has 2 N–H and O–H groups in total. The Balaban J connectivity index is 2.64. The summed E-state index contributed by atoms with van der Waals surface area (Å²) in [6.45, 7) is 6.63. The van der Waals surface area contributed by atoms with Gasteiger partial charge in [0, 0.05) is 12.1 Å². The molecule has 1 aliphatic heterocycles. The maximum Gasteiger partial charge on any atom is 0.0331 e. The number of rotatable bonds is 3. The van der Waals surface area contributed by atoms with Crippen LogP contribution in [0.3, 0.4) is 0 Å². The molecule has 0 aromatic heterocycles. The predicted molar refractivity (Wildman–Crippen MR) is 57.7 cm³/mol. The molecule has 0 aliphatic carbocycles. The fourth-order valence-corrected chi connectivity index (χ4v) is 2.59. The highest BCUT2D eigenvalue weighted by Crippen LogP contribution is 2.31. The molecular formula is C11H24N2. The van der Waals surface area contributed by atoms with Gasteiger partial charge < -0.3 is 5.73 Å². The molecule has 1 atom stereocenters. The van der Waals surface area contributed by atoms with Crippen molar-refractivity contribution in [1.82, 2.24) is 4.90 Å². The number of nitrogens with two attached hydrogens (primary N) is 1. The number of likely N-dealkylation sites (N-methyl/N-ethyl adjacent to an activating group) is 1. The van der Waals surface area contributed by atoms with Crippen LogP contribution < -0.4 is 5.73 Å². The zero-order valence-electron chi connectivity index (χ0n) is 9.34. The first-order chi connectivity index (χ1) is 6.10. The van der Waals surface area contributed by atoms with Crippen LogP contribution in [0.4, 0.5) is 0 Å². The van der Waals surface area contributed by atoms with Gasteiger partial charge in [0.05, 0.1) is 0 Å². The first-order valence-electron chi connectivity index (χ1n) is 5.52. The Labute approximate surface area is 82.5 Å². The molecule has 1 fully saturated rings. The third-order valence-corrected chi connectivity index (χ3v) is 3.36. The monoisotopic (exact) mass is 184 g/mol. The fourth-order valence-electron chi connectivity index (χ4n) is 2.59. The van der Waals surface area contributed by atoms with Crippen molar-refractivity contribution in [1.29, 1.82) is 0 Å². The maximum absolute atomic E-state index is 5.94. The summed E-state index contributed by atoms with van der Waals surface area (Å²) >= 11 is 0. The van der Waals surface area contributed by atoms with Gasteiger partial charge >= 0.3 is 0 Å². The van der Waals surface area contributed by atoms with Crippen LogP contribution in [0.25, 0.3) is 0 Å². The molecule has 2 nitrogen and oxygen atoms in total. The van der Waals surface area contributed by atoms with E-state index in [9.17, 15) is 0 Å². The Morgan fingerprint density at radius 3 is 2.54 bits per heavy atom. The fraction of sp³-hybridized carbons (Fsp3) is 1.00. The molecule has 0 aromatic carbocycles. The molecule has 1 unspecified atom stereocenters. The van der Waals surface area contributed by atoms with Gasteiger partial charge in [-0.15, -0.1) is 0 Å². The van der Waals surface area contributed by atoms with Crippen LogP contribution in [-0.4, -0.2) is 30.6 Å². The molecule has 0 spiro atoms. The summed E-state index contributed by atoms with van der Waals surface area (Å²) < 4.78 is 0. The molecule has 2 heteroatoms. The van der Waals surface area contributed by atoms with E-state index in [-0.39, 0.29) is 0 Å². The van der Waals surface area contributed by atoms with Gasteiger partial charge in [0.2, 0.25) is 0 Å². The summed E-state index contributed by atoms with van der Waals surface area (Å²) in [6, 6.07) is 0. The summed E-state index contributed by atoms with van der Waals surface area (Å²) in [5, 5.41) is 0. The molecule has 1 saturated heterocycles. The van der Waals surface area contributed by atoms with Gasteiger partial charge in [-0.25, -0.2) is 0 Å². The summed E-state index contributed by atoms with van der Waals surface area (Å²) in [7, 11) is 2.23. The van der Waals surface area contributed by atoms with Gasteiger partial charge in [0.25, 0.3) is 0 Å². The standard InChI is InChI=1S/C11H24N2/c1-10(2)8-11(9-12)6-4-5-7-13(11)3/h10H,4-9,12H2,1-3H3. The number of hydrogen-bond donors (Lipinski definition) is 1. The lowest BCUT2D eigenvalue weighted by atomic mass is 9.80. The Hall–Kier alpha value is -0.0800.